The molecule has 5 nitrogen and oxygen atoms in total. The smallest absolute Gasteiger partial charge is 0.251 e. The van der Waals surface area contributed by atoms with E-state index in [2.05, 4.69) is 26.3 Å². The monoisotopic (exact) mass is 427 g/mol. The van der Waals surface area contributed by atoms with Crippen LogP contribution < -0.4 is 10.1 Å². The van der Waals surface area contributed by atoms with E-state index >= 15 is 0 Å². The van der Waals surface area contributed by atoms with Gasteiger partial charge >= 0.3 is 0 Å². The predicted molar refractivity (Wildman–Crippen MR) is 109 cm³/mol. The number of carbonyl (C=O) groups is 1. The third kappa shape index (κ3) is 5.44. The Bertz CT molecular complexity index is 890. The average molecular weight is 428 g/mol. The third-order valence-corrected chi connectivity index (χ3v) is 4.86. The number of hydrogen-bond acceptors (Lipinski definition) is 3. The summed E-state index contributed by atoms with van der Waals surface area (Å²) in [6.07, 6.45) is 2.63. The normalized spacial score (nSPS) is 10.6. The largest absolute Gasteiger partial charge is 0.488 e. The van der Waals surface area contributed by atoms with Crippen molar-refractivity contribution in [1.29, 1.82) is 0 Å². The van der Waals surface area contributed by atoms with E-state index in [1.54, 1.807) is 6.20 Å². The van der Waals surface area contributed by atoms with E-state index in [1.165, 1.54) is 0 Å². The Kier molecular flexibility index (Phi) is 6.65. The predicted octanol–water partition coefficient (Wildman–Crippen LogP) is 4.35. The molecule has 3 aromatic rings. The van der Waals surface area contributed by atoms with Crippen molar-refractivity contribution in [2.45, 2.75) is 26.5 Å². The molecule has 0 aliphatic heterocycles. The second-order valence-electron chi connectivity index (χ2n) is 6.22. The number of rotatable bonds is 8. The fourth-order valence-corrected chi connectivity index (χ4v) is 3.04. The molecule has 0 aliphatic carbocycles. The van der Waals surface area contributed by atoms with Gasteiger partial charge in [0.15, 0.2) is 0 Å². The van der Waals surface area contributed by atoms with E-state index in [4.69, 9.17) is 4.74 Å². The summed E-state index contributed by atoms with van der Waals surface area (Å²) in [5.74, 6) is 0.734. The standard InChI is InChI=1S/C21H22BrN3O2/c1-16-11-13-24-25(16)14-4-12-23-21(26)18-9-7-17(8-10-18)15-27-20-6-3-2-5-19(20)22/h2-3,5-11,13H,4,12,14-15H2,1H3,(H,23,26). The molecule has 1 aromatic heterocycles. The van der Waals surface area contributed by atoms with E-state index in [0.717, 1.165) is 34.4 Å². The zero-order valence-corrected chi connectivity index (χ0v) is 16.8. The van der Waals surface area contributed by atoms with Crippen LogP contribution >= 0.6 is 15.9 Å². The molecular formula is C21H22BrN3O2. The molecule has 27 heavy (non-hydrogen) atoms. The fraction of sp³-hybridized carbons (Fsp3) is 0.238. The van der Waals surface area contributed by atoms with Gasteiger partial charge in [0.05, 0.1) is 4.47 Å². The molecule has 0 radical (unpaired) electrons. The van der Waals surface area contributed by atoms with E-state index in [-0.39, 0.29) is 5.91 Å². The SMILES string of the molecule is Cc1ccnn1CCCNC(=O)c1ccc(COc2ccccc2Br)cc1. The minimum Gasteiger partial charge on any atom is -0.488 e. The zero-order chi connectivity index (χ0) is 19.1. The van der Waals surface area contributed by atoms with Gasteiger partial charge in [-0.3, -0.25) is 9.48 Å². The summed E-state index contributed by atoms with van der Waals surface area (Å²) in [5, 5.41) is 7.18. The van der Waals surface area contributed by atoms with E-state index in [9.17, 15) is 4.79 Å². The van der Waals surface area contributed by atoms with Gasteiger partial charge in [-0.15, -0.1) is 0 Å². The maximum absolute atomic E-state index is 12.2. The average Bonchev–Trinajstić information content (AvgIpc) is 3.09. The van der Waals surface area contributed by atoms with Crippen LogP contribution in [0.15, 0.2) is 65.3 Å². The van der Waals surface area contributed by atoms with Crippen molar-refractivity contribution in [3.05, 3.63) is 82.1 Å². The highest BCUT2D eigenvalue weighted by Crippen LogP contribution is 2.24. The fourth-order valence-electron chi connectivity index (χ4n) is 2.64. The molecule has 0 fully saturated rings. The Morgan fingerprint density at radius 2 is 1.93 bits per heavy atom. The van der Waals surface area contributed by atoms with Gasteiger partial charge in [-0.05, 0) is 65.2 Å². The van der Waals surface area contributed by atoms with Crippen LogP contribution in [-0.4, -0.2) is 22.2 Å². The van der Waals surface area contributed by atoms with E-state index < -0.39 is 0 Å². The highest BCUT2D eigenvalue weighted by molar-refractivity contribution is 9.10. The van der Waals surface area contributed by atoms with Crippen LogP contribution in [0.2, 0.25) is 0 Å². The molecule has 2 aromatic carbocycles. The first-order chi connectivity index (χ1) is 13.1. The van der Waals surface area contributed by atoms with Crippen LogP contribution in [0.3, 0.4) is 0 Å². The van der Waals surface area contributed by atoms with Crippen molar-refractivity contribution < 1.29 is 9.53 Å². The molecule has 140 valence electrons. The van der Waals surface area contributed by atoms with Crippen LogP contribution in [0.5, 0.6) is 5.75 Å². The molecule has 6 heteroatoms. The highest BCUT2D eigenvalue weighted by Gasteiger charge is 2.06. The Morgan fingerprint density at radius 3 is 2.63 bits per heavy atom. The number of carbonyl (C=O) groups excluding carboxylic acids is 1. The zero-order valence-electron chi connectivity index (χ0n) is 15.2. The highest BCUT2D eigenvalue weighted by atomic mass is 79.9. The quantitative estimate of drug-likeness (QED) is 0.543. The van der Waals surface area contributed by atoms with Crippen LogP contribution in [-0.2, 0) is 13.2 Å². The molecule has 0 saturated carbocycles. The number of aromatic nitrogens is 2. The van der Waals surface area contributed by atoms with Gasteiger partial charge in [0.25, 0.3) is 5.91 Å². The molecule has 1 amide bonds. The summed E-state index contributed by atoms with van der Waals surface area (Å²) < 4.78 is 8.65. The minimum absolute atomic E-state index is 0.0644. The van der Waals surface area contributed by atoms with Crippen LogP contribution in [0.4, 0.5) is 0 Å². The number of ether oxygens (including phenoxy) is 1. The lowest BCUT2D eigenvalue weighted by Crippen LogP contribution is -2.25. The van der Waals surface area contributed by atoms with Crippen molar-refractivity contribution in [1.82, 2.24) is 15.1 Å². The molecular weight excluding hydrogens is 406 g/mol. The molecule has 0 spiro atoms. The van der Waals surface area contributed by atoms with Gasteiger partial charge in [-0.1, -0.05) is 24.3 Å². The van der Waals surface area contributed by atoms with Crippen LogP contribution in [0.1, 0.15) is 28.0 Å². The first-order valence-electron chi connectivity index (χ1n) is 8.86. The Hall–Kier alpha value is -2.60. The Labute approximate surface area is 167 Å². The molecule has 3 rings (SSSR count). The first kappa shape index (κ1) is 19.2. The molecule has 0 unspecified atom stereocenters. The molecule has 0 atom stereocenters. The summed E-state index contributed by atoms with van der Waals surface area (Å²) in [6, 6.07) is 17.2. The van der Waals surface area contributed by atoms with Crippen LogP contribution in [0.25, 0.3) is 0 Å². The lowest BCUT2D eigenvalue weighted by Gasteiger charge is -2.09. The summed E-state index contributed by atoms with van der Waals surface area (Å²) in [6.45, 7) is 3.89. The molecule has 0 saturated heterocycles. The number of halogens is 1. The van der Waals surface area contributed by atoms with E-state index in [1.807, 2.05) is 66.2 Å². The van der Waals surface area contributed by atoms with Gasteiger partial charge in [0.1, 0.15) is 12.4 Å². The molecule has 0 aliphatic rings. The molecule has 1 N–H and O–H groups in total. The van der Waals surface area contributed by atoms with Crippen molar-refractivity contribution in [2.24, 2.45) is 0 Å². The number of nitrogens with one attached hydrogen (secondary N) is 1. The third-order valence-electron chi connectivity index (χ3n) is 4.21. The maximum atomic E-state index is 12.2. The summed E-state index contributed by atoms with van der Waals surface area (Å²) >= 11 is 3.46. The Balaban J connectivity index is 1.44. The van der Waals surface area contributed by atoms with Crippen LogP contribution in [0, 0.1) is 6.92 Å². The number of nitrogens with zero attached hydrogens (tertiary/aromatic N) is 2. The second-order valence-corrected chi connectivity index (χ2v) is 7.08. The van der Waals surface area contributed by atoms with Gasteiger partial charge < -0.3 is 10.1 Å². The van der Waals surface area contributed by atoms with Crippen molar-refractivity contribution in [3.63, 3.8) is 0 Å². The summed E-state index contributed by atoms with van der Waals surface area (Å²) in [5.41, 5.74) is 2.79. The van der Waals surface area contributed by atoms with Crippen molar-refractivity contribution in [3.8, 4) is 5.75 Å². The van der Waals surface area contributed by atoms with Gasteiger partial charge in [0, 0.05) is 30.5 Å². The number of benzene rings is 2. The number of hydrogen-bond donors (Lipinski definition) is 1. The lowest BCUT2D eigenvalue weighted by molar-refractivity contribution is 0.0952. The van der Waals surface area contributed by atoms with Gasteiger partial charge in [-0.2, -0.15) is 5.10 Å². The van der Waals surface area contributed by atoms with Gasteiger partial charge in [0.2, 0.25) is 0 Å². The van der Waals surface area contributed by atoms with Crippen molar-refractivity contribution in [2.75, 3.05) is 6.54 Å². The summed E-state index contributed by atoms with van der Waals surface area (Å²) in [7, 11) is 0. The number of aryl methyl sites for hydroxylation is 2. The topological polar surface area (TPSA) is 56.2 Å². The van der Waals surface area contributed by atoms with Gasteiger partial charge in [-0.25, -0.2) is 0 Å². The summed E-state index contributed by atoms with van der Waals surface area (Å²) in [4.78, 5) is 12.2. The number of para-hydroxylation sites is 1. The van der Waals surface area contributed by atoms with Crippen molar-refractivity contribution >= 4 is 21.8 Å². The maximum Gasteiger partial charge on any atom is 0.251 e. The Morgan fingerprint density at radius 1 is 1.15 bits per heavy atom. The molecule has 1 heterocycles. The number of amides is 1. The second kappa shape index (κ2) is 9.37. The molecule has 0 bridgehead atoms. The van der Waals surface area contributed by atoms with E-state index in [0.29, 0.717) is 18.7 Å². The minimum atomic E-state index is -0.0644. The first-order valence-corrected chi connectivity index (χ1v) is 9.65. The lowest BCUT2D eigenvalue weighted by atomic mass is 10.1.